The van der Waals surface area contributed by atoms with Gasteiger partial charge in [-0.05, 0) is 19.7 Å². The molecule has 0 atom stereocenters. The highest BCUT2D eigenvalue weighted by Crippen LogP contribution is 1.87. The van der Waals surface area contributed by atoms with E-state index < -0.39 is 0 Å². The summed E-state index contributed by atoms with van der Waals surface area (Å²) in [6, 6.07) is 0. The lowest BCUT2D eigenvalue weighted by Gasteiger charge is -1.81. The third-order valence-corrected chi connectivity index (χ3v) is 0.714. The summed E-state index contributed by atoms with van der Waals surface area (Å²) in [6.07, 6.45) is 3.48. The van der Waals surface area contributed by atoms with Crippen LogP contribution in [0.1, 0.15) is 6.92 Å². The quantitative estimate of drug-likeness (QED) is 0.478. The van der Waals surface area contributed by atoms with Gasteiger partial charge in [-0.1, -0.05) is 0 Å². The highest BCUT2D eigenvalue weighted by molar-refractivity contribution is 5.71. The number of allylic oxidation sites excluding steroid dienone is 2. The van der Waals surface area contributed by atoms with Crippen molar-refractivity contribution in [2.24, 2.45) is 9.98 Å². The minimum Gasteiger partial charge on any atom is -0.296 e. The molecule has 0 aromatic heterocycles. The Balaban J connectivity index is 3.74. The number of aliphatic imine (C=N–C) groups is 2. The summed E-state index contributed by atoms with van der Waals surface area (Å²) in [5.41, 5.74) is 0.885. The van der Waals surface area contributed by atoms with Crippen molar-refractivity contribution in [2.45, 2.75) is 6.92 Å². The van der Waals surface area contributed by atoms with Crippen LogP contribution in [0.25, 0.3) is 0 Å². The van der Waals surface area contributed by atoms with Gasteiger partial charge in [0.2, 0.25) is 0 Å². The van der Waals surface area contributed by atoms with Crippen LogP contribution in [0.5, 0.6) is 0 Å². The van der Waals surface area contributed by atoms with E-state index in [1.54, 1.807) is 19.3 Å². The van der Waals surface area contributed by atoms with Crippen molar-refractivity contribution in [3.05, 3.63) is 11.8 Å². The van der Waals surface area contributed by atoms with Gasteiger partial charge in [-0.25, -0.2) is 0 Å². The lowest BCUT2D eigenvalue weighted by Crippen LogP contribution is -1.68. The minimum atomic E-state index is 0.885. The van der Waals surface area contributed by atoms with E-state index in [1.165, 1.54) is 0 Å². The second-order valence-corrected chi connectivity index (χ2v) is 1.37. The predicted molar refractivity (Wildman–Crippen MR) is 37.7 cm³/mol. The molecule has 0 spiro atoms. The van der Waals surface area contributed by atoms with Crippen LogP contribution < -0.4 is 0 Å². The summed E-state index contributed by atoms with van der Waals surface area (Å²) < 4.78 is 0. The Hall–Kier alpha value is -0.920. The second-order valence-electron chi connectivity index (χ2n) is 1.37. The Morgan fingerprint density at radius 1 is 1.62 bits per heavy atom. The van der Waals surface area contributed by atoms with E-state index in [2.05, 4.69) is 16.7 Å². The zero-order valence-electron chi connectivity index (χ0n) is 5.26. The minimum absolute atomic E-state index is 0.885. The van der Waals surface area contributed by atoms with Crippen LogP contribution in [0.2, 0.25) is 0 Å². The molecule has 0 aliphatic carbocycles. The Morgan fingerprint density at radius 3 is 2.62 bits per heavy atom. The fourth-order valence-corrected chi connectivity index (χ4v) is 0.235. The number of nitrogens with zero attached hydrogens (tertiary/aromatic N) is 2. The molecule has 2 nitrogen and oxygen atoms in total. The molecule has 0 aliphatic rings. The standard InChI is InChI=1S/C6H10N2/c1-6(8-3)4-5-7-2/h4-5H,3H2,1-2H3/b6-4+,7-5?. The highest BCUT2D eigenvalue weighted by Gasteiger charge is 1.72. The monoisotopic (exact) mass is 110 g/mol. The molecular weight excluding hydrogens is 100 g/mol. The van der Waals surface area contributed by atoms with E-state index in [4.69, 9.17) is 0 Å². The van der Waals surface area contributed by atoms with Gasteiger partial charge in [0.25, 0.3) is 0 Å². The number of hydrogen-bond acceptors (Lipinski definition) is 2. The molecule has 0 N–H and O–H groups in total. The maximum absolute atomic E-state index is 3.73. The first-order chi connectivity index (χ1) is 3.81. The molecule has 0 unspecified atom stereocenters. The van der Waals surface area contributed by atoms with Crippen LogP contribution in [0, 0.1) is 0 Å². The predicted octanol–water partition coefficient (Wildman–Crippen LogP) is 1.29. The summed E-state index contributed by atoms with van der Waals surface area (Å²) >= 11 is 0. The van der Waals surface area contributed by atoms with Gasteiger partial charge >= 0.3 is 0 Å². The van der Waals surface area contributed by atoms with Crippen LogP contribution in [-0.2, 0) is 0 Å². The molecule has 0 rings (SSSR count). The molecule has 0 saturated heterocycles. The van der Waals surface area contributed by atoms with Crippen molar-refractivity contribution < 1.29 is 0 Å². The zero-order valence-corrected chi connectivity index (χ0v) is 5.26. The Labute approximate surface area is 49.7 Å². The third kappa shape index (κ3) is 3.28. The van der Waals surface area contributed by atoms with Crippen molar-refractivity contribution in [2.75, 3.05) is 7.05 Å². The third-order valence-electron chi connectivity index (χ3n) is 0.714. The van der Waals surface area contributed by atoms with E-state index in [1.807, 2.05) is 6.92 Å². The normalized spacial score (nSPS) is 12.5. The molecule has 0 bridgehead atoms. The molecule has 0 radical (unpaired) electrons. The highest BCUT2D eigenvalue weighted by atomic mass is 14.7. The van der Waals surface area contributed by atoms with Crippen LogP contribution >= 0.6 is 0 Å². The van der Waals surface area contributed by atoms with Crippen LogP contribution in [0.15, 0.2) is 21.8 Å². The average molecular weight is 110 g/mol. The lowest BCUT2D eigenvalue weighted by atomic mass is 10.5. The topological polar surface area (TPSA) is 24.7 Å². The maximum Gasteiger partial charge on any atom is 0.0380 e. The molecule has 8 heavy (non-hydrogen) atoms. The van der Waals surface area contributed by atoms with Gasteiger partial charge in [0.15, 0.2) is 0 Å². The summed E-state index contributed by atoms with van der Waals surface area (Å²) in [4.78, 5) is 7.38. The SMILES string of the molecule is C=N/C(C)=C/C=NC. The van der Waals surface area contributed by atoms with Gasteiger partial charge in [-0.15, -0.1) is 0 Å². The van der Waals surface area contributed by atoms with E-state index in [9.17, 15) is 0 Å². The van der Waals surface area contributed by atoms with Gasteiger partial charge in [0, 0.05) is 19.0 Å². The maximum atomic E-state index is 3.73. The number of hydrogen-bond donors (Lipinski definition) is 0. The van der Waals surface area contributed by atoms with Gasteiger partial charge < -0.3 is 0 Å². The fourth-order valence-electron chi connectivity index (χ4n) is 0.235. The summed E-state index contributed by atoms with van der Waals surface area (Å²) in [5.74, 6) is 0. The fraction of sp³-hybridized carbons (Fsp3) is 0.333. The summed E-state index contributed by atoms with van der Waals surface area (Å²) in [6.45, 7) is 5.20. The molecule has 0 heterocycles. The molecule has 0 aromatic carbocycles. The molecule has 0 amide bonds. The first kappa shape index (κ1) is 7.08. The van der Waals surface area contributed by atoms with Gasteiger partial charge in [0.05, 0.1) is 0 Å². The van der Waals surface area contributed by atoms with Crippen LogP contribution in [0.4, 0.5) is 0 Å². The lowest BCUT2D eigenvalue weighted by molar-refractivity contribution is 1.33. The average Bonchev–Trinajstić information content (AvgIpc) is 1.83. The molecule has 2 heteroatoms. The molecule has 0 saturated carbocycles. The van der Waals surface area contributed by atoms with Crippen molar-refractivity contribution in [1.82, 2.24) is 0 Å². The smallest absolute Gasteiger partial charge is 0.0380 e. The zero-order chi connectivity index (χ0) is 6.41. The second kappa shape index (κ2) is 4.24. The van der Waals surface area contributed by atoms with E-state index in [0.717, 1.165) is 5.70 Å². The first-order valence-corrected chi connectivity index (χ1v) is 2.37. The molecule has 0 aliphatic heterocycles. The largest absolute Gasteiger partial charge is 0.296 e. The van der Waals surface area contributed by atoms with Gasteiger partial charge in [-0.2, -0.15) is 0 Å². The van der Waals surface area contributed by atoms with Crippen molar-refractivity contribution in [3.8, 4) is 0 Å². The Kier molecular flexibility index (Phi) is 3.76. The molecular formula is C6H10N2. The summed E-state index contributed by atoms with van der Waals surface area (Å²) in [7, 11) is 1.72. The van der Waals surface area contributed by atoms with Crippen LogP contribution in [0.3, 0.4) is 0 Å². The molecule has 0 aromatic rings. The van der Waals surface area contributed by atoms with Crippen molar-refractivity contribution in [1.29, 1.82) is 0 Å². The van der Waals surface area contributed by atoms with Crippen molar-refractivity contribution in [3.63, 3.8) is 0 Å². The molecule has 44 valence electrons. The summed E-state index contributed by atoms with van der Waals surface area (Å²) in [5, 5.41) is 0. The molecule has 0 fully saturated rings. The Morgan fingerprint density at radius 2 is 2.25 bits per heavy atom. The van der Waals surface area contributed by atoms with Crippen molar-refractivity contribution >= 4 is 12.9 Å². The number of rotatable bonds is 2. The van der Waals surface area contributed by atoms with E-state index in [0.29, 0.717) is 0 Å². The van der Waals surface area contributed by atoms with E-state index in [-0.39, 0.29) is 0 Å². The van der Waals surface area contributed by atoms with Gasteiger partial charge in [0.1, 0.15) is 0 Å². The van der Waals surface area contributed by atoms with Gasteiger partial charge in [-0.3, -0.25) is 9.98 Å². The van der Waals surface area contributed by atoms with E-state index >= 15 is 0 Å². The first-order valence-electron chi connectivity index (χ1n) is 2.37. The Bertz CT molecular complexity index is 122. The van der Waals surface area contributed by atoms with Crippen LogP contribution in [-0.4, -0.2) is 20.0 Å².